The Bertz CT molecular complexity index is 5780. The quantitative estimate of drug-likeness (QED) is 0.0105. The molecule has 6 aliphatic heterocycles. The first-order valence-corrected chi connectivity index (χ1v) is 45.4. The molecular weight excluding hydrogens is 2110 g/mol. The normalized spacial score (nSPS) is 19.4. The number of ether oxygens (including phenoxy) is 19. The lowest BCUT2D eigenvalue weighted by molar-refractivity contribution is -0.199. The van der Waals surface area contributed by atoms with Gasteiger partial charge in [-0.3, -0.25) is 9.59 Å². The van der Waals surface area contributed by atoms with Gasteiger partial charge in [-0.15, -0.1) is 0 Å². The van der Waals surface area contributed by atoms with Crippen LogP contribution >= 0.6 is 79.6 Å². The molecule has 730 valence electrons. The smallest absolute Gasteiger partial charge is 0.486 e. The summed E-state index contributed by atoms with van der Waals surface area (Å²) in [7, 11) is 9.81. The van der Waals surface area contributed by atoms with Crippen molar-refractivity contribution in [2.45, 2.75) is 160 Å². The fraction of sp³-hybridized carbons (Fsp3) is 0.368. The third-order valence-electron chi connectivity index (χ3n) is 21.3. The number of benzene rings is 7. The Kier molecular flexibility index (Phi) is 36.8. The standard InChI is InChI=1S/C23H29BO6.C14H14Br2O6.C14H14O6.C13H13BrO4.C11H11BrO4.C9H10O3.C8H7BrO4.C3H4O2/c1-21(2)14-11-16(21)23(5)17(12-14)29-24(30-23)10-9-13-7-8-15(26-6)18-19(13)27-22(3,4)28-20(18)25;1-14(2)21-11-7(10(15)12(16)20-6-17)4-5-8(19-3)9(11)13(18)22-14;1-14(2)19-12-9(6-7-18-8-15)4-5-10(17-3)11(12)13(16)20-14;1-13(2)17-11-8(6-7-14)4-5-9(16-3)10(11)12(15)18-13;1-11(2)15-9-6(12)4-5-7(14-3)8(9)10(13)16-11;1-6-4-3-5-7(12-2)8(6)9(10)11;1-13-5-3-2-4(9)7(10)6(5)8(11)12;1-2-3(4)5/h7-10,14,16-17H,11-12H2,1-6H3;4-6,10,12H,1-3H3;4-8H,1-3H3;4-7H,1-3H3;4-5H,1-3H3;3-5H,1-2H3,(H,10,11);2-3,10H,1H3,(H,11,12);2H,1H2,(H,4,5)/b10-9-;;7-6+;7-6-;;;;/t14?,16?,17?,23-;;;;;;;/m0......./s1. The molecule has 0 aromatic heterocycles. The number of carbonyl (C=O) groups is 10. The molecule has 7 aromatic carbocycles. The number of halogens is 5. The number of carboxylic acid groups (broad SMARTS) is 3. The molecule has 3 aliphatic carbocycles. The van der Waals surface area contributed by atoms with Crippen molar-refractivity contribution in [3.8, 4) is 74.7 Å². The number of esters is 5. The lowest BCUT2D eigenvalue weighted by Gasteiger charge is -2.64. The molecule has 5 unspecified atom stereocenters. The summed E-state index contributed by atoms with van der Waals surface area (Å²) in [6.07, 6.45) is 9.63. The highest BCUT2D eigenvalue weighted by Crippen LogP contribution is 2.66. The molecule has 4 N–H and O–H groups in total. The minimum absolute atomic E-state index is 0.124. The molecule has 2 bridgehead atoms. The number of cyclic esters (lactones) is 5. The minimum atomic E-state index is -1.23. The van der Waals surface area contributed by atoms with Crippen LogP contribution in [0.25, 0.3) is 18.2 Å². The van der Waals surface area contributed by atoms with E-state index in [4.69, 9.17) is 110 Å². The lowest BCUT2D eigenvalue weighted by Crippen LogP contribution is -2.65. The second kappa shape index (κ2) is 45.8. The monoisotopic (exact) mass is 2210 g/mol. The maximum absolute atomic E-state index is 12.6. The zero-order valence-electron chi connectivity index (χ0n) is 77.8. The minimum Gasteiger partial charge on any atom is -0.506 e. The lowest BCUT2D eigenvalue weighted by atomic mass is 9.43. The Hall–Kier alpha value is -12.0. The van der Waals surface area contributed by atoms with Gasteiger partial charge in [0.2, 0.25) is 28.9 Å². The van der Waals surface area contributed by atoms with Gasteiger partial charge in [0.25, 0.3) is 12.9 Å². The zero-order chi connectivity index (χ0) is 101. The highest BCUT2D eigenvalue weighted by Gasteiger charge is 2.67. The van der Waals surface area contributed by atoms with Gasteiger partial charge in [0.05, 0.1) is 81.5 Å². The fourth-order valence-electron chi connectivity index (χ4n) is 15.2. The molecule has 6 atom stereocenters. The van der Waals surface area contributed by atoms with Gasteiger partial charge in [-0.2, -0.15) is 0 Å². The number of hydrogen-bond acceptors (Lipinski definition) is 32. The largest absolute Gasteiger partial charge is 0.506 e. The van der Waals surface area contributed by atoms with E-state index in [-0.39, 0.29) is 45.5 Å². The highest BCUT2D eigenvalue weighted by atomic mass is 79.9. The van der Waals surface area contributed by atoms with Crippen molar-refractivity contribution in [3.05, 3.63) is 197 Å². The summed E-state index contributed by atoms with van der Waals surface area (Å²) in [6, 6.07) is 25.4. The molecule has 0 radical (unpaired) electrons. The molecule has 7 aromatic rings. The molecule has 16 rings (SSSR count). The number of hydrogen-bond donors (Lipinski definition) is 4. The van der Waals surface area contributed by atoms with E-state index in [0.29, 0.717) is 136 Å². The van der Waals surface area contributed by atoms with Crippen molar-refractivity contribution in [2.75, 3.05) is 49.8 Å². The van der Waals surface area contributed by atoms with Crippen molar-refractivity contribution in [1.29, 1.82) is 0 Å². The topological polar surface area (TPSA) is 445 Å². The van der Waals surface area contributed by atoms with Crippen LogP contribution in [-0.2, 0) is 56.9 Å². The molecule has 4 fully saturated rings. The van der Waals surface area contributed by atoms with E-state index >= 15 is 0 Å². The number of aliphatic carboxylic acids is 1. The Labute approximate surface area is 826 Å². The summed E-state index contributed by atoms with van der Waals surface area (Å²) in [6.45, 7) is 28.9. The SMILES string of the molecule is C=CC(=O)O.COc1ccc(/C=C/OC=O)c2c1C(=O)OC(C)(C)O2.COc1ccc(/C=C\B2OC3CC4CC(C4(C)C)[C@]3(C)O2)c2c1C(=O)OC(C)(C)O2.COc1ccc(/C=C\Br)c2c1C(=O)OC(C)(C)O2.COc1ccc(Br)c(O)c1C(=O)O.COc1ccc(Br)c2c1C(=O)OC(C)(C)O2.COc1ccc(C(Br)C(Br)OC=O)c2c1C(=O)OC(C)(C)O2.COc1cccc(C)c1C(=O)O. The molecule has 9 aliphatic rings. The molecule has 0 amide bonds. The number of aryl methyl sites for hydroxylation is 1. The van der Waals surface area contributed by atoms with Crippen LogP contribution in [0.2, 0.25) is 0 Å². The molecule has 35 nitrogen and oxygen atoms in total. The molecule has 136 heavy (non-hydrogen) atoms. The number of carbonyl (C=O) groups excluding carboxylic acids is 7. The van der Waals surface area contributed by atoms with E-state index in [2.05, 4.69) is 112 Å². The number of rotatable bonds is 20. The number of phenols is 1. The number of aromatic hydroxyl groups is 1. The maximum atomic E-state index is 12.6. The van der Waals surface area contributed by atoms with Crippen molar-refractivity contribution in [3.63, 3.8) is 0 Å². The third-order valence-corrected chi connectivity index (χ3v) is 25.3. The second-order valence-corrected chi connectivity index (χ2v) is 37.1. The van der Waals surface area contributed by atoms with Crippen molar-refractivity contribution in [2.24, 2.45) is 17.3 Å². The Morgan fingerprint density at radius 2 is 0.838 bits per heavy atom. The summed E-state index contributed by atoms with van der Waals surface area (Å²) in [4.78, 5) is 113. The first-order chi connectivity index (χ1) is 63.8. The van der Waals surface area contributed by atoms with E-state index < -0.39 is 93.6 Å². The van der Waals surface area contributed by atoms with Gasteiger partial charge in [-0.05, 0) is 187 Å². The van der Waals surface area contributed by atoms with Gasteiger partial charge in [0, 0.05) is 97.6 Å². The van der Waals surface area contributed by atoms with E-state index in [1.807, 2.05) is 24.2 Å². The highest BCUT2D eigenvalue weighted by molar-refractivity contribution is 9.12. The van der Waals surface area contributed by atoms with Crippen LogP contribution in [0.3, 0.4) is 0 Å². The van der Waals surface area contributed by atoms with Gasteiger partial charge >= 0.3 is 54.9 Å². The summed E-state index contributed by atoms with van der Waals surface area (Å²) in [5, 5.41) is 33.9. The van der Waals surface area contributed by atoms with E-state index in [1.54, 1.807) is 154 Å². The Morgan fingerprint density at radius 1 is 0.471 bits per heavy atom. The number of alkyl halides is 2. The Morgan fingerprint density at radius 3 is 1.23 bits per heavy atom. The van der Waals surface area contributed by atoms with Crippen LogP contribution in [0.4, 0.5) is 0 Å². The first-order valence-electron chi connectivity index (χ1n) is 41.0. The van der Waals surface area contributed by atoms with Gasteiger partial charge in [0.1, 0.15) is 108 Å². The summed E-state index contributed by atoms with van der Waals surface area (Å²) in [5.74, 6) is -3.32. The number of carboxylic acids is 3. The number of fused-ring (bicyclic) bond motifs is 5. The summed E-state index contributed by atoms with van der Waals surface area (Å²) >= 11 is 16.2. The molecule has 3 saturated carbocycles. The van der Waals surface area contributed by atoms with E-state index in [0.717, 1.165) is 23.6 Å². The van der Waals surface area contributed by atoms with Crippen LogP contribution < -0.4 is 56.8 Å². The van der Waals surface area contributed by atoms with Crippen LogP contribution in [0.1, 0.15) is 208 Å². The van der Waals surface area contributed by atoms with Gasteiger partial charge in [-0.25, -0.2) is 38.4 Å². The fourth-order valence-corrected chi connectivity index (χ4v) is 17.1. The van der Waals surface area contributed by atoms with Crippen LogP contribution in [0.5, 0.6) is 74.7 Å². The van der Waals surface area contributed by atoms with Crippen LogP contribution in [-0.4, -0.2) is 184 Å². The first kappa shape index (κ1) is 109. The predicted molar refractivity (Wildman–Crippen MR) is 510 cm³/mol. The number of methoxy groups -OCH3 is 7. The molecule has 0 spiro atoms. The average Bonchev–Trinajstić information content (AvgIpc) is 1.46. The van der Waals surface area contributed by atoms with E-state index in [1.165, 1.54) is 80.7 Å². The molecule has 6 heterocycles. The molecule has 41 heteroatoms. The Balaban J connectivity index is 0.000000197. The van der Waals surface area contributed by atoms with Gasteiger partial charge in [-0.1, -0.05) is 82.5 Å². The predicted octanol–water partition coefficient (Wildman–Crippen LogP) is 19.6. The van der Waals surface area contributed by atoms with Crippen molar-refractivity contribution in [1.82, 2.24) is 0 Å². The number of aromatic carboxylic acids is 2. The van der Waals surface area contributed by atoms with Gasteiger partial charge < -0.3 is 120 Å². The van der Waals surface area contributed by atoms with Crippen LogP contribution in [0.15, 0.2) is 130 Å². The summed E-state index contributed by atoms with van der Waals surface area (Å²) < 4.78 is 114. The summed E-state index contributed by atoms with van der Waals surface area (Å²) in [5.41, 5.74) is 4.85. The molecular formula is C95H102BBr5O35. The van der Waals surface area contributed by atoms with Gasteiger partial charge in [0.15, 0.2) is 10.8 Å². The van der Waals surface area contributed by atoms with Crippen LogP contribution in [0, 0.1) is 24.2 Å². The van der Waals surface area contributed by atoms with E-state index in [9.17, 15) is 53.1 Å². The zero-order valence-corrected chi connectivity index (χ0v) is 85.7. The second-order valence-electron chi connectivity index (χ2n) is 32.9. The van der Waals surface area contributed by atoms with Crippen molar-refractivity contribution >= 4 is 166 Å². The maximum Gasteiger partial charge on any atom is 0.486 e. The average molecular weight is 2210 g/mol. The molecule has 1 saturated heterocycles. The third kappa shape index (κ3) is 25.8. The van der Waals surface area contributed by atoms with Crippen molar-refractivity contribution < 1.29 is 168 Å².